The molecule has 0 atom stereocenters. The molecule has 1 aromatic heterocycles. The summed E-state index contributed by atoms with van der Waals surface area (Å²) in [5.41, 5.74) is 0.467. The number of carbonyl (C=O) groups is 1. The number of anilines is 1. The van der Waals surface area contributed by atoms with Crippen molar-refractivity contribution in [2.45, 2.75) is 13.5 Å². The van der Waals surface area contributed by atoms with Crippen molar-refractivity contribution in [2.24, 2.45) is 0 Å². The molecule has 0 unspecified atom stereocenters. The standard InChI is InChI=1S/C13H14N4O4/c1-2-21-12-5-3-10(4-6-12)15-13(18)9-16-8-11(7-14-16)17(19)20/h3-8H,2,9H2,1H3,(H,15,18). The van der Waals surface area contributed by atoms with Crippen molar-refractivity contribution in [1.29, 1.82) is 0 Å². The van der Waals surface area contributed by atoms with Crippen LogP contribution in [0.25, 0.3) is 0 Å². The first-order chi connectivity index (χ1) is 10.1. The second kappa shape index (κ2) is 6.51. The summed E-state index contributed by atoms with van der Waals surface area (Å²) in [5.74, 6) is 0.398. The van der Waals surface area contributed by atoms with Crippen molar-refractivity contribution >= 4 is 17.3 Å². The van der Waals surface area contributed by atoms with Gasteiger partial charge in [0.15, 0.2) is 0 Å². The quantitative estimate of drug-likeness (QED) is 0.646. The highest BCUT2D eigenvalue weighted by Crippen LogP contribution is 2.15. The minimum absolute atomic E-state index is 0.0962. The van der Waals surface area contributed by atoms with Crippen LogP contribution in [0.3, 0.4) is 0 Å². The number of benzene rings is 1. The van der Waals surface area contributed by atoms with Crippen molar-refractivity contribution < 1.29 is 14.5 Å². The monoisotopic (exact) mass is 290 g/mol. The molecule has 8 nitrogen and oxygen atoms in total. The normalized spacial score (nSPS) is 10.1. The number of carbonyl (C=O) groups excluding carboxylic acids is 1. The molecule has 0 aliphatic heterocycles. The van der Waals surface area contributed by atoms with Gasteiger partial charge in [0.2, 0.25) is 5.91 Å². The van der Waals surface area contributed by atoms with Crippen LogP contribution in [0.2, 0.25) is 0 Å². The van der Waals surface area contributed by atoms with Crippen LogP contribution in [0, 0.1) is 10.1 Å². The molecule has 0 radical (unpaired) electrons. The Morgan fingerprint density at radius 3 is 2.71 bits per heavy atom. The van der Waals surface area contributed by atoms with Crippen molar-refractivity contribution in [3.05, 3.63) is 46.8 Å². The molecule has 8 heteroatoms. The first-order valence-electron chi connectivity index (χ1n) is 6.28. The molecule has 0 bridgehead atoms. The van der Waals surface area contributed by atoms with Crippen molar-refractivity contribution in [3.63, 3.8) is 0 Å². The summed E-state index contributed by atoms with van der Waals surface area (Å²) in [6, 6.07) is 6.93. The molecule has 0 saturated carbocycles. The summed E-state index contributed by atoms with van der Waals surface area (Å²) in [7, 11) is 0. The van der Waals surface area contributed by atoms with E-state index < -0.39 is 4.92 Å². The second-order valence-electron chi connectivity index (χ2n) is 4.16. The lowest BCUT2D eigenvalue weighted by Crippen LogP contribution is -2.18. The molecule has 1 N–H and O–H groups in total. The Labute approximate surface area is 120 Å². The average molecular weight is 290 g/mol. The van der Waals surface area contributed by atoms with E-state index in [0.29, 0.717) is 12.3 Å². The Bertz CT molecular complexity index is 636. The highest BCUT2D eigenvalue weighted by atomic mass is 16.6. The largest absolute Gasteiger partial charge is 0.494 e. The molecule has 1 aromatic carbocycles. The molecule has 0 aliphatic carbocycles. The number of ether oxygens (including phenoxy) is 1. The van der Waals surface area contributed by atoms with E-state index in [-0.39, 0.29) is 18.1 Å². The molecule has 2 rings (SSSR count). The molecule has 2 aromatic rings. The van der Waals surface area contributed by atoms with Gasteiger partial charge < -0.3 is 10.1 Å². The van der Waals surface area contributed by atoms with Gasteiger partial charge in [0.05, 0.1) is 11.5 Å². The molecule has 0 aliphatic rings. The topological polar surface area (TPSA) is 99.3 Å². The van der Waals surface area contributed by atoms with Gasteiger partial charge in [-0.3, -0.25) is 19.6 Å². The zero-order chi connectivity index (χ0) is 15.2. The third kappa shape index (κ3) is 4.03. The summed E-state index contributed by atoms with van der Waals surface area (Å²) in [6.07, 6.45) is 2.31. The van der Waals surface area contributed by atoms with Gasteiger partial charge in [0.1, 0.15) is 24.7 Å². The van der Waals surface area contributed by atoms with E-state index in [4.69, 9.17) is 4.74 Å². The molecule has 0 spiro atoms. The van der Waals surface area contributed by atoms with E-state index in [0.717, 1.165) is 11.9 Å². The molecule has 0 saturated heterocycles. The maximum atomic E-state index is 11.8. The van der Waals surface area contributed by atoms with Crippen LogP contribution in [0.4, 0.5) is 11.4 Å². The van der Waals surface area contributed by atoms with Gasteiger partial charge >= 0.3 is 5.69 Å². The molecular weight excluding hydrogens is 276 g/mol. The highest BCUT2D eigenvalue weighted by Gasteiger charge is 2.11. The maximum Gasteiger partial charge on any atom is 0.307 e. The zero-order valence-corrected chi connectivity index (χ0v) is 11.4. The smallest absolute Gasteiger partial charge is 0.307 e. The van der Waals surface area contributed by atoms with Gasteiger partial charge in [0.25, 0.3) is 0 Å². The van der Waals surface area contributed by atoms with E-state index >= 15 is 0 Å². The van der Waals surface area contributed by atoms with Crippen LogP contribution in [0.5, 0.6) is 5.75 Å². The number of aromatic nitrogens is 2. The van der Waals surface area contributed by atoms with E-state index in [9.17, 15) is 14.9 Å². The third-order valence-electron chi connectivity index (χ3n) is 2.59. The van der Waals surface area contributed by atoms with Crippen LogP contribution in [-0.4, -0.2) is 27.2 Å². The fourth-order valence-electron chi connectivity index (χ4n) is 1.68. The van der Waals surface area contributed by atoms with Crippen molar-refractivity contribution in [3.8, 4) is 5.75 Å². The van der Waals surface area contributed by atoms with Crippen LogP contribution < -0.4 is 10.1 Å². The Kier molecular flexibility index (Phi) is 4.50. The van der Waals surface area contributed by atoms with Crippen LogP contribution in [0.15, 0.2) is 36.7 Å². The molecule has 0 fully saturated rings. The number of hydrogen-bond donors (Lipinski definition) is 1. The van der Waals surface area contributed by atoms with E-state index in [2.05, 4.69) is 10.4 Å². The predicted molar refractivity (Wildman–Crippen MR) is 75.1 cm³/mol. The number of amides is 1. The van der Waals surface area contributed by atoms with Gasteiger partial charge in [-0.2, -0.15) is 5.10 Å². The summed E-state index contributed by atoms with van der Waals surface area (Å²) in [4.78, 5) is 21.8. The SMILES string of the molecule is CCOc1ccc(NC(=O)Cn2cc([N+](=O)[O-])cn2)cc1. The lowest BCUT2D eigenvalue weighted by molar-refractivity contribution is -0.385. The first-order valence-corrected chi connectivity index (χ1v) is 6.28. The number of nitrogens with zero attached hydrogens (tertiary/aromatic N) is 3. The lowest BCUT2D eigenvalue weighted by atomic mass is 10.3. The number of hydrogen-bond acceptors (Lipinski definition) is 5. The average Bonchev–Trinajstić information content (AvgIpc) is 2.90. The van der Waals surface area contributed by atoms with E-state index in [1.807, 2.05) is 6.92 Å². The van der Waals surface area contributed by atoms with E-state index in [1.54, 1.807) is 24.3 Å². The number of nitrogens with one attached hydrogen (secondary N) is 1. The fraction of sp³-hybridized carbons (Fsp3) is 0.231. The van der Waals surface area contributed by atoms with Crippen molar-refractivity contribution in [1.82, 2.24) is 9.78 Å². The second-order valence-corrected chi connectivity index (χ2v) is 4.16. The van der Waals surface area contributed by atoms with Crippen LogP contribution in [-0.2, 0) is 11.3 Å². The molecule has 21 heavy (non-hydrogen) atoms. The van der Waals surface area contributed by atoms with Gasteiger partial charge in [-0.05, 0) is 31.2 Å². The summed E-state index contributed by atoms with van der Waals surface area (Å²) < 4.78 is 6.51. The zero-order valence-electron chi connectivity index (χ0n) is 11.4. The van der Waals surface area contributed by atoms with Crippen LogP contribution >= 0.6 is 0 Å². The predicted octanol–water partition coefficient (Wildman–Crippen LogP) is 1.83. The third-order valence-corrected chi connectivity index (χ3v) is 2.59. The van der Waals surface area contributed by atoms with Crippen LogP contribution in [0.1, 0.15) is 6.92 Å². The lowest BCUT2D eigenvalue weighted by Gasteiger charge is -2.07. The fourth-order valence-corrected chi connectivity index (χ4v) is 1.68. The molecule has 110 valence electrons. The van der Waals surface area contributed by atoms with Gasteiger partial charge in [0, 0.05) is 5.69 Å². The summed E-state index contributed by atoms with van der Waals surface area (Å²) in [5, 5.41) is 16.9. The highest BCUT2D eigenvalue weighted by molar-refractivity contribution is 5.90. The first kappa shape index (κ1) is 14.5. The maximum absolute atomic E-state index is 11.8. The molecule has 1 heterocycles. The number of rotatable bonds is 6. The molecule has 1 amide bonds. The Morgan fingerprint density at radius 2 is 2.14 bits per heavy atom. The number of nitro groups is 1. The Hall–Kier alpha value is -2.90. The minimum Gasteiger partial charge on any atom is -0.494 e. The van der Waals surface area contributed by atoms with Gasteiger partial charge in [-0.1, -0.05) is 0 Å². The summed E-state index contributed by atoms with van der Waals surface area (Å²) in [6.45, 7) is 2.36. The Morgan fingerprint density at radius 1 is 1.43 bits per heavy atom. The van der Waals surface area contributed by atoms with Gasteiger partial charge in [-0.15, -0.1) is 0 Å². The van der Waals surface area contributed by atoms with Crippen molar-refractivity contribution in [2.75, 3.05) is 11.9 Å². The van der Waals surface area contributed by atoms with Gasteiger partial charge in [-0.25, -0.2) is 0 Å². The molecular formula is C13H14N4O4. The minimum atomic E-state index is -0.562. The Balaban J connectivity index is 1.92. The van der Waals surface area contributed by atoms with E-state index in [1.165, 1.54) is 10.9 Å². The summed E-state index contributed by atoms with van der Waals surface area (Å²) >= 11 is 0.